The maximum Gasteiger partial charge on any atom is 0.331 e. The number of hydrogen-bond acceptors (Lipinski definition) is 6. The highest BCUT2D eigenvalue weighted by atomic mass is 16.3. The summed E-state index contributed by atoms with van der Waals surface area (Å²) in [6.45, 7) is 0. The van der Waals surface area contributed by atoms with Gasteiger partial charge in [0.1, 0.15) is 0 Å². The van der Waals surface area contributed by atoms with Gasteiger partial charge in [-0.15, -0.1) is 4.91 Å². The van der Waals surface area contributed by atoms with E-state index >= 15 is 0 Å². The van der Waals surface area contributed by atoms with Crippen molar-refractivity contribution in [2.45, 2.75) is 6.04 Å². The standard InChI is InChI=1S/C6H9N5O3/c1-10-4(8-7)3(9-14)5(12)11(2)6(10)13/h3H,7H2,1-2H3. The smallest absolute Gasteiger partial charge is 0.321 e. The Labute approximate surface area is 79.3 Å². The molecule has 0 saturated carbocycles. The van der Waals surface area contributed by atoms with Crippen molar-refractivity contribution in [2.24, 2.45) is 16.1 Å². The monoisotopic (exact) mass is 199 g/mol. The maximum atomic E-state index is 11.3. The summed E-state index contributed by atoms with van der Waals surface area (Å²) in [5.41, 5.74) is 0. The maximum absolute atomic E-state index is 11.3. The zero-order chi connectivity index (χ0) is 10.9. The van der Waals surface area contributed by atoms with Crippen LogP contribution in [-0.4, -0.2) is 47.7 Å². The Bertz CT molecular complexity index is 325. The molecule has 0 aromatic rings. The molecule has 1 heterocycles. The van der Waals surface area contributed by atoms with Crippen LogP contribution in [0.15, 0.2) is 10.3 Å². The lowest BCUT2D eigenvalue weighted by atomic mass is 10.2. The van der Waals surface area contributed by atoms with Gasteiger partial charge in [-0.05, 0) is 5.18 Å². The highest BCUT2D eigenvalue weighted by Gasteiger charge is 2.42. The Morgan fingerprint density at radius 2 is 1.86 bits per heavy atom. The van der Waals surface area contributed by atoms with E-state index < -0.39 is 18.0 Å². The third kappa shape index (κ3) is 1.20. The second-order valence-electron chi connectivity index (χ2n) is 2.73. The number of urea groups is 1. The molecule has 0 radical (unpaired) electrons. The van der Waals surface area contributed by atoms with Gasteiger partial charge in [-0.3, -0.25) is 14.6 Å². The van der Waals surface area contributed by atoms with Gasteiger partial charge in [0.05, 0.1) is 0 Å². The number of nitrogens with zero attached hydrogens (tertiary/aromatic N) is 4. The molecule has 14 heavy (non-hydrogen) atoms. The molecule has 0 aromatic carbocycles. The van der Waals surface area contributed by atoms with Crippen LogP contribution in [0.1, 0.15) is 0 Å². The number of imide groups is 1. The Morgan fingerprint density at radius 1 is 1.29 bits per heavy atom. The Morgan fingerprint density at radius 3 is 2.29 bits per heavy atom. The number of likely N-dealkylation sites (N-methyl/N-ethyl adjacent to an activating group) is 2. The van der Waals surface area contributed by atoms with Crippen molar-refractivity contribution in [3.8, 4) is 0 Å². The van der Waals surface area contributed by atoms with Gasteiger partial charge < -0.3 is 5.84 Å². The molecule has 8 heteroatoms. The third-order valence-electron chi connectivity index (χ3n) is 1.96. The summed E-state index contributed by atoms with van der Waals surface area (Å²) in [4.78, 5) is 34.8. The summed E-state index contributed by atoms with van der Waals surface area (Å²) in [6, 6.07) is -1.94. The van der Waals surface area contributed by atoms with E-state index in [4.69, 9.17) is 5.84 Å². The number of carbonyl (C=O) groups is 2. The van der Waals surface area contributed by atoms with Gasteiger partial charge in [0.25, 0.3) is 5.91 Å². The summed E-state index contributed by atoms with van der Waals surface area (Å²) in [6.07, 6.45) is 0. The lowest BCUT2D eigenvalue weighted by molar-refractivity contribution is -0.128. The van der Waals surface area contributed by atoms with Crippen molar-refractivity contribution in [3.63, 3.8) is 0 Å². The van der Waals surface area contributed by atoms with Crippen LogP contribution in [0.3, 0.4) is 0 Å². The van der Waals surface area contributed by atoms with Crippen LogP contribution in [0, 0.1) is 4.91 Å². The first-order chi connectivity index (χ1) is 6.54. The molecule has 76 valence electrons. The van der Waals surface area contributed by atoms with Crippen LogP contribution in [0.25, 0.3) is 0 Å². The number of nitroso groups, excluding NO2 is 1. The predicted octanol–water partition coefficient (Wildman–Crippen LogP) is -1.08. The number of hydrazone groups is 1. The zero-order valence-corrected chi connectivity index (χ0v) is 7.67. The normalized spacial score (nSPS) is 25.9. The summed E-state index contributed by atoms with van der Waals surface area (Å²) >= 11 is 0. The highest BCUT2D eigenvalue weighted by Crippen LogP contribution is 2.12. The lowest BCUT2D eigenvalue weighted by Gasteiger charge is -2.31. The van der Waals surface area contributed by atoms with E-state index in [9.17, 15) is 14.5 Å². The predicted molar refractivity (Wildman–Crippen MR) is 47.1 cm³/mol. The minimum absolute atomic E-state index is 0.145. The molecule has 2 N–H and O–H groups in total. The first-order valence-corrected chi connectivity index (χ1v) is 3.70. The third-order valence-corrected chi connectivity index (χ3v) is 1.96. The van der Waals surface area contributed by atoms with Gasteiger partial charge in [0, 0.05) is 14.1 Å². The van der Waals surface area contributed by atoms with Crippen molar-refractivity contribution < 1.29 is 9.59 Å². The molecule has 3 amide bonds. The van der Waals surface area contributed by atoms with Crippen LogP contribution >= 0.6 is 0 Å². The van der Waals surface area contributed by atoms with Gasteiger partial charge in [-0.25, -0.2) is 4.79 Å². The number of amides is 3. The van der Waals surface area contributed by atoms with E-state index in [0.29, 0.717) is 0 Å². The van der Waals surface area contributed by atoms with Gasteiger partial charge in [0.15, 0.2) is 5.84 Å². The van der Waals surface area contributed by atoms with Crippen molar-refractivity contribution in [3.05, 3.63) is 4.91 Å². The minimum Gasteiger partial charge on any atom is -0.321 e. The quantitative estimate of drug-likeness (QED) is 0.329. The molecule has 1 rings (SSSR count). The molecule has 1 saturated heterocycles. The molecular weight excluding hydrogens is 190 g/mol. The van der Waals surface area contributed by atoms with Crippen LogP contribution in [0.5, 0.6) is 0 Å². The van der Waals surface area contributed by atoms with Gasteiger partial charge >= 0.3 is 6.03 Å². The van der Waals surface area contributed by atoms with Crippen molar-refractivity contribution in [1.29, 1.82) is 0 Å². The summed E-state index contributed by atoms with van der Waals surface area (Å²) in [5.74, 6) is 4.08. The van der Waals surface area contributed by atoms with Gasteiger partial charge in [0.2, 0.25) is 6.04 Å². The van der Waals surface area contributed by atoms with Crippen molar-refractivity contribution in [1.82, 2.24) is 9.80 Å². The Balaban J connectivity index is 3.15. The SMILES string of the molecule is CN1C(=O)C(N=O)C(=NN)N(C)C1=O. The van der Waals surface area contributed by atoms with Gasteiger partial charge in [-0.2, -0.15) is 5.10 Å². The summed E-state index contributed by atoms with van der Waals surface area (Å²) in [7, 11) is 2.61. The number of carbonyl (C=O) groups excluding carboxylic acids is 2. The van der Waals surface area contributed by atoms with Crippen LogP contribution in [-0.2, 0) is 4.79 Å². The van der Waals surface area contributed by atoms with Gasteiger partial charge in [-0.1, -0.05) is 0 Å². The second-order valence-corrected chi connectivity index (χ2v) is 2.73. The Kier molecular flexibility index (Phi) is 2.45. The zero-order valence-electron chi connectivity index (χ0n) is 7.67. The topological polar surface area (TPSA) is 108 Å². The van der Waals surface area contributed by atoms with E-state index in [1.54, 1.807) is 0 Å². The first-order valence-electron chi connectivity index (χ1n) is 3.70. The molecule has 0 spiro atoms. The molecule has 8 nitrogen and oxygen atoms in total. The molecule has 1 aliphatic heterocycles. The fraction of sp³-hybridized carbons (Fsp3) is 0.500. The average molecular weight is 199 g/mol. The van der Waals surface area contributed by atoms with Crippen molar-refractivity contribution in [2.75, 3.05) is 14.1 Å². The second kappa shape index (κ2) is 3.40. The molecule has 1 atom stereocenters. The highest BCUT2D eigenvalue weighted by molar-refractivity contribution is 6.20. The van der Waals surface area contributed by atoms with Crippen LogP contribution < -0.4 is 5.84 Å². The molecule has 1 aliphatic rings. The van der Waals surface area contributed by atoms with E-state index in [1.165, 1.54) is 14.1 Å². The largest absolute Gasteiger partial charge is 0.331 e. The number of nitrogens with two attached hydrogens (primary N) is 1. The molecule has 1 unspecified atom stereocenters. The molecule has 0 aromatic heterocycles. The summed E-state index contributed by atoms with van der Waals surface area (Å²) in [5, 5.41) is 5.77. The molecular formula is C6H9N5O3. The minimum atomic E-state index is -1.34. The molecule has 0 aliphatic carbocycles. The van der Waals surface area contributed by atoms with Crippen LogP contribution in [0.2, 0.25) is 0 Å². The fourth-order valence-corrected chi connectivity index (χ4v) is 1.14. The van der Waals surface area contributed by atoms with Crippen LogP contribution in [0.4, 0.5) is 4.79 Å². The summed E-state index contributed by atoms with van der Waals surface area (Å²) < 4.78 is 0. The number of rotatable bonds is 1. The number of hydrogen-bond donors (Lipinski definition) is 1. The molecule has 1 fully saturated rings. The first kappa shape index (κ1) is 10.1. The molecule has 0 bridgehead atoms. The van der Waals surface area contributed by atoms with E-state index in [0.717, 1.165) is 9.80 Å². The Hall–Kier alpha value is -1.99. The van der Waals surface area contributed by atoms with E-state index in [2.05, 4.69) is 10.3 Å². The average Bonchev–Trinajstić information content (AvgIpc) is 2.20. The van der Waals surface area contributed by atoms with E-state index in [1.807, 2.05) is 0 Å². The number of amidine groups is 1. The lowest BCUT2D eigenvalue weighted by Crippen LogP contribution is -2.59. The van der Waals surface area contributed by atoms with E-state index in [-0.39, 0.29) is 5.84 Å². The van der Waals surface area contributed by atoms with Crippen molar-refractivity contribution >= 4 is 17.8 Å². The fourth-order valence-electron chi connectivity index (χ4n) is 1.14.